The van der Waals surface area contributed by atoms with Gasteiger partial charge in [-0.15, -0.1) is 0 Å². The van der Waals surface area contributed by atoms with Crippen molar-refractivity contribution in [2.24, 2.45) is 17.0 Å². The fourth-order valence-corrected chi connectivity index (χ4v) is 5.57. The van der Waals surface area contributed by atoms with Gasteiger partial charge in [0.05, 0.1) is 24.4 Å². The molecule has 1 aliphatic rings. The van der Waals surface area contributed by atoms with Gasteiger partial charge in [0.2, 0.25) is 5.78 Å². The zero-order valence-electron chi connectivity index (χ0n) is 21.3. The highest BCUT2D eigenvalue weighted by atomic mass is 79.9. The summed E-state index contributed by atoms with van der Waals surface area (Å²) in [6.07, 6.45) is 4.15. The molecule has 1 fully saturated rings. The molecule has 3 aromatic rings. The molecule has 204 valence electrons. The van der Waals surface area contributed by atoms with E-state index in [2.05, 4.69) is 36.3 Å². The molecule has 0 aliphatic heterocycles. The molecule has 3 atom stereocenters. The highest BCUT2D eigenvalue weighted by molar-refractivity contribution is 9.10. The number of carbonyl (C=O) groups excluding carboxylic acids is 1. The number of hydrogen-bond donors (Lipinski definition) is 3. The molecule has 0 spiro atoms. The van der Waals surface area contributed by atoms with Gasteiger partial charge in [-0.1, -0.05) is 35.0 Å². The van der Waals surface area contributed by atoms with E-state index >= 15 is 0 Å². The molecular formula is C25H31BrN6O5S. The summed E-state index contributed by atoms with van der Waals surface area (Å²) in [6, 6.07) is 9.26. The molecule has 1 saturated carbocycles. The summed E-state index contributed by atoms with van der Waals surface area (Å²) in [5, 5.41) is 23.6. The maximum atomic E-state index is 13.6. The first-order chi connectivity index (χ1) is 17.8. The number of benzene rings is 1. The van der Waals surface area contributed by atoms with Crippen LogP contribution in [0.2, 0.25) is 0 Å². The van der Waals surface area contributed by atoms with Crippen LogP contribution in [0, 0.1) is 11.8 Å². The Morgan fingerprint density at radius 1 is 1.32 bits per heavy atom. The molecule has 2 aromatic heterocycles. The molecule has 4 N–H and O–H groups in total. The number of nitrogens with zero attached hydrogens (tertiary/aromatic N) is 4. The molecule has 13 heteroatoms. The molecule has 4 rings (SSSR count). The van der Waals surface area contributed by atoms with Crippen LogP contribution in [0.15, 0.2) is 47.3 Å². The van der Waals surface area contributed by atoms with E-state index < -0.39 is 15.9 Å². The maximum absolute atomic E-state index is 13.6. The minimum Gasteiger partial charge on any atom is -0.384 e. The summed E-state index contributed by atoms with van der Waals surface area (Å²) in [6.45, 7) is 5.67. The average Bonchev–Trinajstić information content (AvgIpc) is 3.40. The molecule has 0 unspecified atom stereocenters. The van der Waals surface area contributed by atoms with E-state index in [9.17, 15) is 18.3 Å². The Labute approximate surface area is 230 Å². The number of anilines is 1. The summed E-state index contributed by atoms with van der Waals surface area (Å²) >= 11 is 3.47. The van der Waals surface area contributed by atoms with Crippen molar-refractivity contribution >= 4 is 37.8 Å². The van der Waals surface area contributed by atoms with Crippen molar-refractivity contribution in [1.82, 2.24) is 19.7 Å². The third kappa shape index (κ3) is 7.03. The summed E-state index contributed by atoms with van der Waals surface area (Å²) in [5.41, 5.74) is 0.621. The molecule has 1 aliphatic carbocycles. The number of hydrogen-bond acceptors (Lipinski definition) is 9. The largest absolute Gasteiger partial charge is 0.384 e. The molecule has 1 aromatic carbocycles. The second-order valence-corrected chi connectivity index (χ2v) is 12.3. The number of rotatable bonds is 10. The number of halogens is 1. The van der Waals surface area contributed by atoms with Crippen molar-refractivity contribution in [3.8, 4) is 0 Å². The van der Waals surface area contributed by atoms with E-state index in [0.717, 1.165) is 16.5 Å². The van der Waals surface area contributed by atoms with Crippen LogP contribution >= 0.6 is 15.9 Å². The van der Waals surface area contributed by atoms with Crippen LogP contribution in [0.4, 0.5) is 5.82 Å². The van der Waals surface area contributed by atoms with Crippen molar-refractivity contribution in [3.05, 3.63) is 69.8 Å². The van der Waals surface area contributed by atoms with E-state index in [1.54, 1.807) is 24.6 Å². The fourth-order valence-electron chi connectivity index (χ4n) is 4.76. The van der Waals surface area contributed by atoms with Crippen LogP contribution in [0.25, 0.3) is 0 Å². The molecule has 2 heterocycles. The van der Waals surface area contributed by atoms with Gasteiger partial charge in [0, 0.05) is 16.7 Å². The zero-order valence-corrected chi connectivity index (χ0v) is 23.7. The number of nitrogens with one attached hydrogen (secondary N) is 1. The summed E-state index contributed by atoms with van der Waals surface area (Å²) in [5.74, 6) is 0.140. The average molecular weight is 608 g/mol. The maximum Gasteiger partial charge on any atom is 0.333 e. The van der Waals surface area contributed by atoms with Crippen LogP contribution in [0.5, 0.6) is 0 Å². The van der Waals surface area contributed by atoms with Crippen molar-refractivity contribution in [3.63, 3.8) is 0 Å². The summed E-state index contributed by atoms with van der Waals surface area (Å²) in [7, 11) is -4.01. The molecule has 11 nitrogen and oxygen atoms in total. The number of ketones is 1. The first-order valence-electron chi connectivity index (χ1n) is 12.1. The summed E-state index contributed by atoms with van der Waals surface area (Å²) in [4.78, 5) is 21.9. The van der Waals surface area contributed by atoms with E-state index in [4.69, 9.17) is 9.32 Å². The smallest absolute Gasteiger partial charge is 0.333 e. The second kappa shape index (κ2) is 11.2. The fraction of sp³-hybridized carbons (Fsp3) is 0.440. The van der Waals surface area contributed by atoms with Gasteiger partial charge in [0.25, 0.3) is 0 Å². The van der Waals surface area contributed by atoms with E-state index in [1.807, 2.05) is 31.2 Å². The Kier molecular flexibility index (Phi) is 8.33. The van der Waals surface area contributed by atoms with Crippen molar-refractivity contribution in [2.75, 3.05) is 11.9 Å². The van der Waals surface area contributed by atoms with E-state index in [1.165, 1.54) is 12.5 Å². The molecule has 0 amide bonds. The number of aromatic nitrogens is 4. The van der Waals surface area contributed by atoms with Gasteiger partial charge in [-0.3, -0.25) is 13.7 Å². The van der Waals surface area contributed by atoms with Crippen LogP contribution < -0.4 is 10.5 Å². The minimum atomic E-state index is -4.01. The van der Waals surface area contributed by atoms with E-state index in [-0.39, 0.29) is 41.5 Å². The van der Waals surface area contributed by atoms with Gasteiger partial charge < -0.3 is 10.4 Å². The number of nitrogens with two attached hydrogens (primary N) is 1. The van der Waals surface area contributed by atoms with Crippen LogP contribution in [-0.4, -0.2) is 51.7 Å². The highest BCUT2D eigenvalue weighted by Crippen LogP contribution is 2.34. The molecular weight excluding hydrogens is 576 g/mol. The first kappa shape index (κ1) is 28.3. The summed E-state index contributed by atoms with van der Waals surface area (Å²) < 4.78 is 29.7. The SMILES string of the molecule is C[C@H]1C[C@H](Nc2ncncc2C(=O)c2cc(C(C)(C)O)n(Cc3cccc(Br)c3)n2)C[C@@H]1COS(N)(=O)=O. The lowest BCUT2D eigenvalue weighted by atomic mass is 10.00. The first-order valence-corrected chi connectivity index (χ1v) is 14.4. The Balaban J connectivity index is 1.56. The Morgan fingerprint density at radius 2 is 2.08 bits per heavy atom. The Morgan fingerprint density at radius 3 is 2.76 bits per heavy atom. The predicted octanol–water partition coefficient (Wildman–Crippen LogP) is 2.99. The quantitative estimate of drug-likeness (QED) is 0.294. The topological polar surface area (TPSA) is 162 Å². The molecule has 0 bridgehead atoms. The van der Waals surface area contributed by atoms with Gasteiger partial charge in [0.15, 0.2) is 0 Å². The Hall–Kier alpha value is -2.71. The monoisotopic (exact) mass is 606 g/mol. The lowest BCUT2D eigenvalue weighted by molar-refractivity contribution is 0.0688. The van der Waals surface area contributed by atoms with Gasteiger partial charge >= 0.3 is 10.3 Å². The lowest BCUT2D eigenvalue weighted by Gasteiger charge is -2.19. The van der Waals surface area contributed by atoms with Gasteiger partial charge in [-0.25, -0.2) is 15.1 Å². The lowest BCUT2D eigenvalue weighted by Crippen LogP contribution is -2.22. The molecule has 0 saturated heterocycles. The molecule has 0 radical (unpaired) electrons. The van der Waals surface area contributed by atoms with Crippen molar-refractivity contribution in [1.29, 1.82) is 0 Å². The van der Waals surface area contributed by atoms with E-state index in [0.29, 0.717) is 24.5 Å². The predicted molar refractivity (Wildman–Crippen MR) is 145 cm³/mol. The second-order valence-electron chi connectivity index (χ2n) is 10.2. The minimum absolute atomic E-state index is 0.00286. The van der Waals surface area contributed by atoms with Gasteiger partial charge in [-0.2, -0.15) is 13.5 Å². The van der Waals surface area contributed by atoms with Gasteiger partial charge in [0.1, 0.15) is 23.4 Å². The van der Waals surface area contributed by atoms with Crippen LogP contribution in [0.3, 0.4) is 0 Å². The van der Waals surface area contributed by atoms with Gasteiger partial charge in [-0.05, 0) is 62.3 Å². The highest BCUT2D eigenvalue weighted by Gasteiger charge is 2.34. The Bertz CT molecular complexity index is 1420. The standard InChI is InChI=1S/C25H31BrN6O5S/c1-15-7-19(9-17(15)13-37-38(27,35)36)30-24-20(11-28-14-29-24)23(33)21-10-22(25(2,3)34)32(31-21)12-16-5-4-6-18(26)8-16/h4-6,8,10-11,14-15,17,19,34H,7,9,12-13H2,1-3H3,(H2,27,35,36)(H,28,29,30)/t15-,17+,19-/m0/s1. The van der Waals surface area contributed by atoms with Crippen LogP contribution in [0.1, 0.15) is 60.9 Å². The third-order valence-corrected chi connectivity index (χ3v) is 7.61. The third-order valence-electron chi connectivity index (χ3n) is 6.65. The number of aliphatic hydroxyl groups is 1. The zero-order chi connectivity index (χ0) is 27.7. The van der Waals surface area contributed by atoms with Crippen molar-refractivity contribution < 1.29 is 22.5 Å². The van der Waals surface area contributed by atoms with Crippen molar-refractivity contribution in [2.45, 2.75) is 51.8 Å². The number of carbonyl (C=O) groups is 1. The molecule has 38 heavy (non-hydrogen) atoms. The normalized spacial score (nSPS) is 20.0. The van der Waals surface area contributed by atoms with Crippen LogP contribution in [-0.2, 0) is 26.6 Å².